The van der Waals surface area contributed by atoms with E-state index in [0.717, 1.165) is 16.9 Å². The van der Waals surface area contributed by atoms with E-state index in [9.17, 15) is 0 Å². The van der Waals surface area contributed by atoms with E-state index < -0.39 is 0 Å². The first kappa shape index (κ1) is 19.9. The summed E-state index contributed by atoms with van der Waals surface area (Å²) in [6.45, 7) is 9.16. The highest BCUT2D eigenvalue weighted by Gasteiger charge is 2.13. The SMILES string of the molecule is CCOc1cc(C=NO)cc(Cl)c1OCCOc1c(C)ccc(C)c1C. The number of aryl methyl sites for hydroxylation is 2. The van der Waals surface area contributed by atoms with E-state index in [2.05, 4.69) is 18.1 Å². The summed E-state index contributed by atoms with van der Waals surface area (Å²) in [5.74, 6) is 1.84. The molecule has 26 heavy (non-hydrogen) atoms. The van der Waals surface area contributed by atoms with Crippen molar-refractivity contribution in [2.45, 2.75) is 27.7 Å². The van der Waals surface area contributed by atoms with E-state index in [0.29, 0.717) is 41.9 Å². The Balaban J connectivity index is 2.07. The Kier molecular flexibility index (Phi) is 7.16. The first-order valence-corrected chi connectivity index (χ1v) is 8.81. The van der Waals surface area contributed by atoms with Crippen molar-refractivity contribution in [2.24, 2.45) is 5.16 Å². The van der Waals surface area contributed by atoms with Crippen molar-refractivity contribution in [3.63, 3.8) is 0 Å². The molecule has 0 fully saturated rings. The van der Waals surface area contributed by atoms with Gasteiger partial charge in [0.2, 0.25) is 0 Å². The fourth-order valence-electron chi connectivity index (χ4n) is 2.57. The molecule has 2 aromatic rings. The lowest BCUT2D eigenvalue weighted by Gasteiger charge is -2.16. The van der Waals surface area contributed by atoms with Crippen molar-refractivity contribution in [3.05, 3.63) is 51.5 Å². The summed E-state index contributed by atoms with van der Waals surface area (Å²) in [6, 6.07) is 7.48. The van der Waals surface area contributed by atoms with Gasteiger partial charge in [-0.3, -0.25) is 0 Å². The van der Waals surface area contributed by atoms with Crippen molar-refractivity contribution >= 4 is 17.8 Å². The summed E-state index contributed by atoms with van der Waals surface area (Å²) < 4.78 is 17.3. The zero-order valence-corrected chi connectivity index (χ0v) is 16.3. The molecule has 0 aromatic heterocycles. The number of hydrogen-bond acceptors (Lipinski definition) is 5. The molecular formula is C20H24ClNO4. The van der Waals surface area contributed by atoms with Crippen LogP contribution < -0.4 is 14.2 Å². The molecule has 0 radical (unpaired) electrons. The Morgan fingerprint density at radius 1 is 1.00 bits per heavy atom. The third-order valence-electron chi connectivity index (χ3n) is 3.99. The second kappa shape index (κ2) is 9.34. The first-order valence-electron chi connectivity index (χ1n) is 8.44. The molecule has 0 aliphatic rings. The lowest BCUT2D eigenvalue weighted by Crippen LogP contribution is -2.11. The van der Waals surface area contributed by atoms with E-state index in [1.165, 1.54) is 11.8 Å². The van der Waals surface area contributed by atoms with E-state index in [1.807, 2.05) is 26.8 Å². The number of rotatable bonds is 8. The van der Waals surface area contributed by atoms with Gasteiger partial charge < -0.3 is 19.4 Å². The summed E-state index contributed by atoms with van der Waals surface area (Å²) in [6.07, 6.45) is 1.28. The van der Waals surface area contributed by atoms with Crippen molar-refractivity contribution in [2.75, 3.05) is 19.8 Å². The Bertz CT molecular complexity index is 790. The van der Waals surface area contributed by atoms with Gasteiger partial charge in [0.15, 0.2) is 11.5 Å². The summed E-state index contributed by atoms with van der Waals surface area (Å²) in [7, 11) is 0. The van der Waals surface area contributed by atoms with Gasteiger partial charge in [0.25, 0.3) is 0 Å². The minimum Gasteiger partial charge on any atom is -0.490 e. The topological polar surface area (TPSA) is 60.3 Å². The number of halogens is 1. The van der Waals surface area contributed by atoms with Gasteiger partial charge in [-0.05, 0) is 56.5 Å². The second-order valence-corrected chi connectivity index (χ2v) is 6.27. The van der Waals surface area contributed by atoms with Gasteiger partial charge in [-0.25, -0.2) is 0 Å². The molecule has 2 rings (SSSR count). The molecule has 0 atom stereocenters. The molecule has 0 heterocycles. The quantitative estimate of drug-likeness (QED) is 0.306. The first-order chi connectivity index (χ1) is 12.5. The van der Waals surface area contributed by atoms with Crippen molar-refractivity contribution in [3.8, 4) is 17.2 Å². The maximum atomic E-state index is 8.68. The van der Waals surface area contributed by atoms with Crippen LogP contribution in [0.1, 0.15) is 29.2 Å². The van der Waals surface area contributed by atoms with Gasteiger partial charge in [-0.15, -0.1) is 0 Å². The minimum atomic E-state index is 0.319. The number of oxime groups is 1. The van der Waals surface area contributed by atoms with Gasteiger partial charge in [-0.2, -0.15) is 0 Å². The molecule has 6 heteroatoms. The van der Waals surface area contributed by atoms with Crippen LogP contribution in [-0.2, 0) is 0 Å². The largest absolute Gasteiger partial charge is 0.490 e. The van der Waals surface area contributed by atoms with Crippen LogP contribution in [0.4, 0.5) is 0 Å². The van der Waals surface area contributed by atoms with Gasteiger partial charge in [0.1, 0.15) is 19.0 Å². The molecule has 5 nitrogen and oxygen atoms in total. The molecule has 0 unspecified atom stereocenters. The van der Waals surface area contributed by atoms with E-state index in [-0.39, 0.29) is 0 Å². The van der Waals surface area contributed by atoms with Gasteiger partial charge >= 0.3 is 0 Å². The van der Waals surface area contributed by atoms with E-state index >= 15 is 0 Å². The Labute approximate surface area is 159 Å². The van der Waals surface area contributed by atoms with Crippen molar-refractivity contribution in [1.82, 2.24) is 0 Å². The van der Waals surface area contributed by atoms with Gasteiger partial charge in [0, 0.05) is 5.56 Å². The Hall–Kier alpha value is -2.40. The summed E-state index contributed by atoms with van der Waals surface area (Å²) in [4.78, 5) is 0. The third kappa shape index (κ3) is 4.82. The highest BCUT2D eigenvalue weighted by atomic mass is 35.5. The highest BCUT2D eigenvalue weighted by Crippen LogP contribution is 2.36. The average Bonchev–Trinajstić information content (AvgIpc) is 2.60. The van der Waals surface area contributed by atoms with Crippen LogP contribution in [0.15, 0.2) is 29.4 Å². The molecule has 0 amide bonds. The van der Waals surface area contributed by atoms with Crippen LogP contribution in [0.2, 0.25) is 5.02 Å². The minimum absolute atomic E-state index is 0.319. The molecule has 0 saturated carbocycles. The van der Waals surface area contributed by atoms with Gasteiger partial charge in [-0.1, -0.05) is 28.9 Å². The lowest BCUT2D eigenvalue weighted by molar-refractivity contribution is 0.207. The van der Waals surface area contributed by atoms with Crippen LogP contribution in [0.25, 0.3) is 0 Å². The number of nitrogens with zero attached hydrogens (tertiary/aromatic N) is 1. The lowest BCUT2D eigenvalue weighted by atomic mass is 10.1. The van der Waals surface area contributed by atoms with Crippen LogP contribution in [-0.4, -0.2) is 31.2 Å². The molecule has 0 aliphatic carbocycles. The van der Waals surface area contributed by atoms with Crippen molar-refractivity contribution < 1.29 is 19.4 Å². The standard InChI is InChI=1S/C20H24ClNO4/c1-5-24-18-11-16(12-22-23)10-17(21)20(18)26-9-8-25-19-14(3)7-6-13(2)15(19)4/h6-7,10-12,23H,5,8-9H2,1-4H3. The molecule has 2 aromatic carbocycles. The number of hydrogen-bond donors (Lipinski definition) is 1. The smallest absolute Gasteiger partial charge is 0.179 e. The predicted octanol–water partition coefficient (Wildman–Crippen LogP) is 4.93. The fraction of sp³-hybridized carbons (Fsp3) is 0.350. The molecule has 0 spiro atoms. The highest BCUT2D eigenvalue weighted by molar-refractivity contribution is 6.32. The second-order valence-electron chi connectivity index (χ2n) is 5.86. The average molecular weight is 378 g/mol. The molecule has 0 saturated heterocycles. The fourth-order valence-corrected chi connectivity index (χ4v) is 2.84. The third-order valence-corrected chi connectivity index (χ3v) is 4.27. The van der Waals surface area contributed by atoms with Crippen LogP contribution in [0.3, 0.4) is 0 Å². The van der Waals surface area contributed by atoms with Gasteiger partial charge in [0.05, 0.1) is 17.8 Å². The maximum absolute atomic E-state index is 8.68. The summed E-state index contributed by atoms with van der Waals surface area (Å²) >= 11 is 6.28. The molecule has 0 aliphatic heterocycles. The Morgan fingerprint density at radius 2 is 1.65 bits per heavy atom. The summed E-state index contributed by atoms with van der Waals surface area (Å²) in [5.41, 5.74) is 4.03. The monoisotopic (exact) mass is 377 g/mol. The van der Waals surface area contributed by atoms with E-state index in [1.54, 1.807) is 12.1 Å². The predicted molar refractivity (Wildman–Crippen MR) is 104 cm³/mol. The zero-order chi connectivity index (χ0) is 19.1. The number of ether oxygens (including phenoxy) is 3. The number of benzene rings is 2. The molecule has 140 valence electrons. The maximum Gasteiger partial charge on any atom is 0.179 e. The van der Waals surface area contributed by atoms with Crippen molar-refractivity contribution in [1.29, 1.82) is 0 Å². The molecule has 0 bridgehead atoms. The van der Waals surface area contributed by atoms with Crippen LogP contribution in [0.5, 0.6) is 17.2 Å². The molecular weight excluding hydrogens is 354 g/mol. The zero-order valence-electron chi connectivity index (χ0n) is 15.5. The Morgan fingerprint density at radius 3 is 2.31 bits per heavy atom. The van der Waals surface area contributed by atoms with E-state index in [4.69, 9.17) is 31.0 Å². The van der Waals surface area contributed by atoms with Crippen LogP contribution in [0, 0.1) is 20.8 Å². The molecule has 1 N–H and O–H groups in total. The normalized spacial score (nSPS) is 11.0. The van der Waals surface area contributed by atoms with Crippen LogP contribution >= 0.6 is 11.6 Å². The summed E-state index contributed by atoms with van der Waals surface area (Å²) in [5, 5.41) is 12.1.